The summed E-state index contributed by atoms with van der Waals surface area (Å²) in [6, 6.07) is 9.04. The summed E-state index contributed by atoms with van der Waals surface area (Å²) >= 11 is 0. The number of rotatable bonds is 4. The van der Waals surface area contributed by atoms with Crippen LogP contribution in [0, 0.1) is 6.92 Å². The third-order valence-electron chi connectivity index (χ3n) is 3.61. The molecule has 23 heavy (non-hydrogen) atoms. The fraction of sp³-hybridized carbons (Fsp3) is 0.176. The lowest BCUT2D eigenvalue weighted by Gasteiger charge is -2.10. The van der Waals surface area contributed by atoms with E-state index in [0.29, 0.717) is 34.3 Å². The van der Waals surface area contributed by atoms with Crippen molar-refractivity contribution in [3.63, 3.8) is 0 Å². The molecule has 0 amide bonds. The highest BCUT2D eigenvalue weighted by molar-refractivity contribution is 5.72. The second kappa shape index (κ2) is 6.00. The van der Waals surface area contributed by atoms with Crippen molar-refractivity contribution in [2.45, 2.75) is 6.92 Å². The zero-order chi connectivity index (χ0) is 16.4. The number of pyridine rings is 1. The highest BCUT2D eigenvalue weighted by Gasteiger charge is 2.20. The number of methoxy groups -OCH3 is 2. The summed E-state index contributed by atoms with van der Waals surface area (Å²) in [7, 11) is 3.16. The van der Waals surface area contributed by atoms with Crippen LogP contribution in [-0.4, -0.2) is 34.1 Å². The van der Waals surface area contributed by atoms with Crippen LogP contribution in [0.3, 0.4) is 0 Å². The van der Waals surface area contributed by atoms with Crippen LogP contribution in [0.15, 0.2) is 42.7 Å². The quantitative estimate of drug-likeness (QED) is 0.749. The molecule has 1 N–H and O–H groups in total. The number of hydrogen-bond acceptors (Lipinski definition) is 5. The average Bonchev–Trinajstić information content (AvgIpc) is 2.89. The molecule has 2 aromatic heterocycles. The van der Waals surface area contributed by atoms with E-state index in [1.807, 2.05) is 19.1 Å². The van der Waals surface area contributed by atoms with Gasteiger partial charge in [0.1, 0.15) is 17.2 Å². The van der Waals surface area contributed by atoms with Gasteiger partial charge in [0, 0.05) is 18.0 Å². The molecule has 118 valence electrons. The Hall–Kier alpha value is -3.02. The van der Waals surface area contributed by atoms with Gasteiger partial charge < -0.3 is 14.7 Å². The molecule has 6 nitrogen and oxygen atoms in total. The zero-order valence-electron chi connectivity index (χ0n) is 13.1. The van der Waals surface area contributed by atoms with E-state index in [1.54, 1.807) is 44.8 Å². The number of aryl methyl sites for hydroxylation is 1. The lowest BCUT2D eigenvalue weighted by molar-refractivity contribution is 0.195. The summed E-state index contributed by atoms with van der Waals surface area (Å²) < 4.78 is 11.7. The van der Waals surface area contributed by atoms with Crippen molar-refractivity contribution in [3.8, 4) is 34.1 Å². The smallest absolute Gasteiger partial charge is 0.180 e. The molecule has 0 saturated carbocycles. The fourth-order valence-electron chi connectivity index (χ4n) is 2.52. The van der Waals surface area contributed by atoms with Crippen LogP contribution in [0.4, 0.5) is 0 Å². The first-order valence-electron chi connectivity index (χ1n) is 7.07. The SMILES string of the molecule is COc1ccc(OC)c(-c2nc(C)c(-c3cccnc3)n2O)c1. The number of aromatic nitrogens is 3. The Bertz CT molecular complexity index is 829. The monoisotopic (exact) mass is 311 g/mol. The molecule has 0 radical (unpaired) electrons. The maximum Gasteiger partial charge on any atom is 0.180 e. The predicted molar refractivity (Wildman–Crippen MR) is 85.9 cm³/mol. The number of benzene rings is 1. The molecule has 0 aliphatic heterocycles. The van der Waals surface area contributed by atoms with E-state index in [0.717, 1.165) is 10.3 Å². The predicted octanol–water partition coefficient (Wildman–Crippen LogP) is 3.18. The topological polar surface area (TPSA) is 69.4 Å². The number of hydrogen-bond donors (Lipinski definition) is 1. The Morgan fingerprint density at radius 1 is 1.13 bits per heavy atom. The molecule has 0 bridgehead atoms. The third-order valence-corrected chi connectivity index (χ3v) is 3.61. The van der Waals surface area contributed by atoms with Crippen molar-refractivity contribution >= 4 is 0 Å². The fourth-order valence-corrected chi connectivity index (χ4v) is 2.52. The molecule has 0 fully saturated rings. The maximum absolute atomic E-state index is 10.6. The van der Waals surface area contributed by atoms with Gasteiger partial charge >= 0.3 is 0 Å². The molecule has 0 atom stereocenters. The van der Waals surface area contributed by atoms with Crippen LogP contribution in [0.1, 0.15) is 5.69 Å². The van der Waals surface area contributed by atoms with Gasteiger partial charge in [-0.1, -0.05) is 0 Å². The Morgan fingerprint density at radius 3 is 2.61 bits per heavy atom. The first-order chi connectivity index (χ1) is 11.2. The largest absolute Gasteiger partial charge is 0.497 e. The van der Waals surface area contributed by atoms with E-state index >= 15 is 0 Å². The van der Waals surface area contributed by atoms with E-state index in [9.17, 15) is 5.21 Å². The standard InChI is InChI=1S/C17H17N3O3/c1-11-16(12-5-4-8-18-10-12)20(21)17(19-11)14-9-13(22-2)6-7-15(14)23-3/h4-10,21H,1-3H3. The third kappa shape index (κ3) is 2.59. The number of nitrogens with zero attached hydrogens (tertiary/aromatic N) is 3. The second-order valence-electron chi connectivity index (χ2n) is 4.99. The maximum atomic E-state index is 10.6. The minimum Gasteiger partial charge on any atom is -0.497 e. The van der Waals surface area contributed by atoms with Gasteiger partial charge in [0.2, 0.25) is 0 Å². The summed E-state index contributed by atoms with van der Waals surface area (Å²) in [5.74, 6) is 1.64. The second-order valence-corrected chi connectivity index (χ2v) is 4.99. The van der Waals surface area contributed by atoms with Crippen molar-refractivity contribution < 1.29 is 14.7 Å². The van der Waals surface area contributed by atoms with Crippen LogP contribution < -0.4 is 9.47 Å². The van der Waals surface area contributed by atoms with E-state index < -0.39 is 0 Å². The molecule has 6 heteroatoms. The molecule has 0 unspecified atom stereocenters. The molecule has 3 aromatic rings. The number of ether oxygens (including phenoxy) is 2. The normalized spacial score (nSPS) is 10.6. The van der Waals surface area contributed by atoms with Crippen molar-refractivity contribution in [1.29, 1.82) is 0 Å². The Balaban J connectivity index is 2.19. The van der Waals surface area contributed by atoms with Gasteiger partial charge in [0.25, 0.3) is 0 Å². The zero-order valence-corrected chi connectivity index (χ0v) is 13.1. The van der Waals surface area contributed by atoms with Crippen LogP contribution in [-0.2, 0) is 0 Å². The summed E-state index contributed by atoms with van der Waals surface area (Å²) in [5.41, 5.74) is 2.72. The summed E-state index contributed by atoms with van der Waals surface area (Å²) in [6.07, 6.45) is 3.37. The van der Waals surface area contributed by atoms with Gasteiger partial charge in [-0.25, -0.2) is 4.98 Å². The van der Waals surface area contributed by atoms with Crippen LogP contribution in [0.2, 0.25) is 0 Å². The van der Waals surface area contributed by atoms with Crippen LogP contribution in [0.25, 0.3) is 22.6 Å². The van der Waals surface area contributed by atoms with Crippen LogP contribution >= 0.6 is 0 Å². The van der Waals surface area contributed by atoms with Gasteiger partial charge in [-0.2, -0.15) is 4.73 Å². The minimum absolute atomic E-state index is 0.386. The first-order valence-corrected chi connectivity index (χ1v) is 7.07. The van der Waals surface area contributed by atoms with E-state index in [-0.39, 0.29) is 0 Å². The Kier molecular flexibility index (Phi) is 3.89. The Morgan fingerprint density at radius 2 is 1.96 bits per heavy atom. The summed E-state index contributed by atoms with van der Waals surface area (Å²) in [6.45, 7) is 1.84. The van der Waals surface area contributed by atoms with E-state index in [1.165, 1.54) is 0 Å². The van der Waals surface area contributed by atoms with Crippen LogP contribution in [0.5, 0.6) is 11.5 Å². The van der Waals surface area contributed by atoms with Gasteiger partial charge in [0.05, 0.1) is 25.5 Å². The van der Waals surface area contributed by atoms with Gasteiger partial charge in [0.15, 0.2) is 5.82 Å². The van der Waals surface area contributed by atoms with Gasteiger partial charge in [-0.05, 0) is 37.3 Å². The molecule has 1 aromatic carbocycles. The molecular formula is C17H17N3O3. The van der Waals surface area contributed by atoms with Gasteiger partial charge in [-0.3, -0.25) is 4.98 Å². The van der Waals surface area contributed by atoms with Gasteiger partial charge in [-0.15, -0.1) is 0 Å². The molecule has 0 spiro atoms. The Labute approximate surface area is 133 Å². The summed E-state index contributed by atoms with van der Waals surface area (Å²) in [4.78, 5) is 8.58. The van der Waals surface area contributed by atoms with E-state index in [2.05, 4.69) is 9.97 Å². The summed E-state index contributed by atoms with van der Waals surface area (Å²) in [5, 5.41) is 10.6. The molecular weight excluding hydrogens is 294 g/mol. The minimum atomic E-state index is 0.386. The number of imidazole rings is 1. The highest BCUT2D eigenvalue weighted by atomic mass is 16.5. The lowest BCUT2D eigenvalue weighted by Crippen LogP contribution is -1.99. The molecule has 0 aliphatic rings. The molecule has 0 aliphatic carbocycles. The van der Waals surface area contributed by atoms with E-state index in [4.69, 9.17) is 9.47 Å². The van der Waals surface area contributed by atoms with Crippen molar-refractivity contribution in [1.82, 2.24) is 14.7 Å². The molecule has 2 heterocycles. The first kappa shape index (κ1) is 14.9. The van der Waals surface area contributed by atoms with Crippen molar-refractivity contribution in [2.75, 3.05) is 14.2 Å². The average molecular weight is 311 g/mol. The van der Waals surface area contributed by atoms with Crippen molar-refractivity contribution in [3.05, 3.63) is 48.4 Å². The molecule has 0 saturated heterocycles. The lowest BCUT2D eigenvalue weighted by atomic mass is 10.1. The van der Waals surface area contributed by atoms with Crippen molar-refractivity contribution in [2.24, 2.45) is 0 Å². The highest BCUT2D eigenvalue weighted by Crippen LogP contribution is 2.35. The molecule has 3 rings (SSSR count).